The van der Waals surface area contributed by atoms with Gasteiger partial charge < -0.3 is 14.7 Å². The van der Waals surface area contributed by atoms with Crippen LogP contribution in [0.3, 0.4) is 0 Å². The van der Waals surface area contributed by atoms with Crippen LogP contribution < -0.4 is 9.38 Å². The van der Waals surface area contributed by atoms with Gasteiger partial charge in [0.05, 0.1) is 11.9 Å². The third-order valence-electron chi connectivity index (χ3n) is 1.41. The molecule has 0 spiro atoms. The highest BCUT2D eigenvalue weighted by molar-refractivity contribution is 7.92. The fourth-order valence-electron chi connectivity index (χ4n) is 0.967. The molecule has 0 aliphatic carbocycles. The average Bonchev–Trinajstić information content (AvgIpc) is 2.05. The quantitative estimate of drug-likeness (QED) is 0.601. The number of nitrogens with one attached hydrogen (secondary N) is 1. The smallest absolute Gasteiger partial charge is 0.510 e. The first kappa shape index (κ1) is 11.8. The number of rotatable bonds is 4. The number of sulfonamides is 1. The van der Waals surface area contributed by atoms with Crippen molar-refractivity contribution in [3.8, 4) is 5.75 Å². The molecule has 1 aromatic carbocycles. The Morgan fingerprint density at radius 3 is 2.47 bits per heavy atom. The van der Waals surface area contributed by atoms with Gasteiger partial charge in [-0.3, -0.25) is 4.72 Å². The van der Waals surface area contributed by atoms with Crippen LogP contribution in [-0.4, -0.2) is 32.0 Å². The third kappa shape index (κ3) is 4.19. The molecule has 0 aliphatic heterocycles. The van der Waals surface area contributed by atoms with Gasteiger partial charge in [-0.25, -0.2) is 8.42 Å². The molecule has 1 rings (SSSR count). The highest BCUT2D eigenvalue weighted by Crippen LogP contribution is 2.24. The summed E-state index contributed by atoms with van der Waals surface area (Å²) in [6.45, 7) is 0. The van der Waals surface area contributed by atoms with E-state index in [1.54, 1.807) is 12.1 Å². The Balaban J connectivity index is 2.96. The number of anilines is 1. The largest absolute Gasteiger partial charge is 0.707 e. The first-order valence-corrected chi connectivity index (χ1v) is 5.87. The van der Waals surface area contributed by atoms with E-state index in [2.05, 4.69) is 9.38 Å². The van der Waals surface area contributed by atoms with Crippen LogP contribution in [0, 0.1) is 0 Å². The van der Waals surface area contributed by atoms with Crippen molar-refractivity contribution in [2.75, 3.05) is 11.0 Å². The van der Waals surface area contributed by atoms with Crippen LogP contribution in [0.4, 0.5) is 5.69 Å². The first-order valence-electron chi connectivity index (χ1n) is 3.98. The molecule has 0 unspecified atom stereocenters. The molecule has 0 aliphatic rings. The minimum Gasteiger partial charge on any atom is -0.510 e. The normalized spacial score (nSPS) is 10.9. The van der Waals surface area contributed by atoms with Crippen LogP contribution in [0.25, 0.3) is 0 Å². The van der Waals surface area contributed by atoms with E-state index < -0.39 is 17.3 Å². The Kier molecular flexibility index (Phi) is 3.56. The fourth-order valence-corrected chi connectivity index (χ4v) is 1.54. The van der Waals surface area contributed by atoms with Crippen molar-refractivity contribution in [1.82, 2.24) is 0 Å². The van der Waals surface area contributed by atoms with E-state index in [-0.39, 0.29) is 11.4 Å². The maximum absolute atomic E-state index is 10.9. The Hall–Kier alpha value is -1.25. The summed E-state index contributed by atoms with van der Waals surface area (Å²) in [5.74, 6) is 0.0397. The molecule has 82 valence electrons. The molecular weight excluding hydrogens is 221 g/mol. The van der Waals surface area contributed by atoms with Crippen molar-refractivity contribution in [3.63, 3.8) is 0 Å². The minimum absolute atomic E-state index is 0.0397. The molecule has 0 saturated heterocycles. The first-order chi connectivity index (χ1) is 6.88. The van der Waals surface area contributed by atoms with Gasteiger partial charge in [-0.05, 0) is 12.1 Å². The lowest BCUT2D eigenvalue weighted by molar-refractivity contribution is 0.289. The number of para-hydroxylation sites is 2. The van der Waals surface area contributed by atoms with Gasteiger partial charge in [-0.15, -0.1) is 0 Å². The monoisotopic (exact) mass is 231 g/mol. The number of benzene rings is 1. The summed E-state index contributed by atoms with van der Waals surface area (Å²) in [7, 11) is -5.42. The molecule has 0 aromatic heterocycles. The van der Waals surface area contributed by atoms with E-state index in [0.29, 0.717) is 0 Å². The summed E-state index contributed by atoms with van der Waals surface area (Å²) in [5, 5.41) is 17.2. The van der Waals surface area contributed by atoms with Gasteiger partial charge in [0.15, 0.2) is 0 Å². The van der Waals surface area contributed by atoms with Gasteiger partial charge in [0.2, 0.25) is 10.0 Å². The van der Waals surface area contributed by atoms with Crippen molar-refractivity contribution in [1.29, 1.82) is 0 Å². The van der Waals surface area contributed by atoms with Gasteiger partial charge in [-0.2, -0.15) is 0 Å². The molecule has 8 heteroatoms. The third-order valence-corrected chi connectivity index (χ3v) is 2.01. The zero-order valence-electron chi connectivity index (χ0n) is 7.91. The molecule has 0 bridgehead atoms. The van der Waals surface area contributed by atoms with Gasteiger partial charge in [0, 0.05) is 0 Å². The maximum Gasteiger partial charge on any atom is 0.707 e. The summed E-state index contributed by atoms with van der Waals surface area (Å²) in [6, 6.07) is 6.01. The summed E-state index contributed by atoms with van der Waals surface area (Å²) in [6.07, 6.45) is 0.985. The van der Waals surface area contributed by atoms with Crippen LogP contribution in [-0.2, 0) is 10.0 Å². The lowest BCUT2D eigenvalue weighted by atomic mass is 10.2. The predicted molar refractivity (Wildman–Crippen MR) is 55.7 cm³/mol. The van der Waals surface area contributed by atoms with Crippen molar-refractivity contribution in [3.05, 3.63) is 24.3 Å². The molecule has 0 heterocycles. The Morgan fingerprint density at radius 2 is 1.93 bits per heavy atom. The molecule has 0 atom stereocenters. The summed E-state index contributed by atoms with van der Waals surface area (Å²) < 4.78 is 28.6. The lowest BCUT2D eigenvalue weighted by Crippen LogP contribution is -2.21. The number of hydrogen-bond acceptors (Lipinski definition) is 5. The van der Waals surface area contributed by atoms with Gasteiger partial charge in [0.1, 0.15) is 5.75 Å². The molecule has 15 heavy (non-hydrogen) atoms. The van der Waals surface area contributed by atoms with E-state index in [1.165, 1.54) is 12.1 Å². The van der Waals surface area contributed by atoms with E-state index in [0.717, 1.165) is 6.26 Å². The molecule has 1 aromatic rings. The second kappa shape index (κ2) is 4.52. The Morgan fingerprint density at radius 1 is 1.33 bits per heavy atom. The molecule has 0 amide bonds. The van der Waals surface area contributed by atoms with Crippen LogP contribution in [0.15, 0.2) is 24.3 Å². The van der Waals surface area contributed by atoms with Crippen molar-refractivity contribution >= 4 is 23.0 Å². The second-order valence-corrected chi connectivity index (χ2v) is 4.56. The van der Waals surface area contributed by atoms with Crippen LogP contribution in [0.5, 0.6) is 5.75 Å². The molecule has 6 nitrogen and oxygen atoms in total. The Labute approximate surface area is 87.7 Å². The zero-order valence-corrected chi connectivity index (χ0v) is 8.73. The summed E-state index contributed by atoms with van der Waals surface area (Å²) >= 11 is 0. The number of hydrogen-bond donors (Lipinski definition) is 3. The topological polar surface area (TPSA) is 95.9 Å². The van der Waals surface area contributed by atoms with E-state index in [1.807, 2.05) is 0 Å². The second-order valence-electron chi connectivity index (χ2n) is 2.81. The predicted octanol–water partition coefficient (Wildman–Crippen LogP) is -0.594. The fraction of sp³-hybridized carbons (Fsp3) is 0.143. The SMILES string of the molecule is CS(=O)(=O)Nc1ccccc1OB(O)O. The standard InChI is InChI=1S/C7H10BNO5S/c1-15(12,13)9-6-4-2-3-5-7(6)14-8(10)11/h2-5,9-11H,1H3. The minimum atomic E-state index is -3.43. The highest BCUT2D eigenvalue weighted by Gasteiger charge is 2.15. The molecule has 0 fully saturated rings. The summed E-state index contributed by atoms with van der Waals surface area (Å²) in [4.78, 5) is 0. The molecule has 0 radical (unpaired) electrons. The summed E-state index contributed by atoms with van der Waals surface area (Å²) in [5.41, 5.74) is 0.146. The van der Waals surface area contributed by atoms with Crippen LogP contribution >= 0.6 is 0 Å². The lowest BCUT2D eigenvalue weighted by Gasteiger charge is -2.11. The average molecular weight is 231 g/mol. The maximum atomic E-state index is 10.9. The van der Waals surface area contributed by atoms with Gasteiger partial charge >= 0.3 is 7.32 Å². The van der Waals surface area contributed by atoms with Crippen molar-refractivity contribution in [2.45, 2.75) is 0 Å². The van der Waals surface area contributed by atoms with Gasteiger partial charge in [-0.1, -0.05) is 12.1 Å². The van der Waals surface area contributed by atoms with E-state index in [4.69, 9.17) is 10.0 Å². The van der Waals surface area contributed by atoms with Crippen LogP contribution in [0.1, 0.15) is 0 Å². The molecule has 3 N–H and O–H groups in total. The van der Waals surface area contributed by atoms with Crippen LogP contribution in [0.2, 0.25) is 0 Å². The van der Waals surface area contributed by atoms with E-state index >= 15 is 0 Å². The van der Waals surface area contributed by atoms with E-state index in [9.17, 15) is 8.42 Å². The molecular formula is C7H10BNO5S. The van der Waals surface area contributed by atoms with Crippen molar-refractivity contribution in [2.24, 2.45) is 0 Å². The highest BCUT2D eigenvalue weighted by atomic mass is 32.2. The zero-order chi connectivity index (χ0) is 11.5. The van der Waals surface area contributed by atoms with Crippen molar-refractivity contribution < 1.29 is 23.1 Å². The Bertz CT molecular complexity index is 433. The molecule has 0 saturated carbocycles. The van der Waals surface area contributed by atoms with Gasteiger partial charge in [0.25, 0.3) is 0 Å².